The van der Waals surface area contributed by atoms with E-state index in [1.54, 1.807) is 7.11 Å². The summed E-state index contributed by atoms with van der Waals surface area (Å²) < 4.78 is 55.3. The third kappa shape index (κ3) is 4.21. The largest absolute Gasteiger partial charge is 0.383 e. The quantitative estimate of drug-likeness (QED) is 0.799. The molecule has 0 bridgehead atoms. The number of benzene rings is 1. The van der Waals surface area contributed by atoms with E-state index in [-0.39, 0.29) is 29.7 Å². The Labute approximate surface area is 123 Å². The summed E-state index contributed by atoms with van der Waals surface area (Å²) in [5.74, 6) is -1.56. The lowest BCUT2D eigenvalue weighted by molar-refractivity contribution is 0.120. The van der Waals surface area contributed by atoms with Gasteiger partial charge in [0.15, 0.2) is 21.5 Å². The molecule has 0 unspecified atom stereocenters. The molecule has 0 amide bonds. The first kappa shape index (κ1) is 16.3. The molecule has 1 atom stereocenters. The van der Waals surface area contributed by atoms with Crippen LogP contribution in [0.1, 0.15) is 12.0 Å². The van der Waals surface area contributed by atoms with Crippen molar-refractivity contribution in [3.05, 3.63) is 35.4 Å². The van der Waals surface area contributed by atoms with Crippen molar-refractivity contribution >= 4 is 9.84 Å². The van der Waals surface area contributed by atoms with E-state index < -0.39 is 21.5 Å². The van der Waals surface area contributed by atoms with Gasteiger partial charge in [-0.1, -0.05) is 12.1 Å². The molecular weight excluding hydrogens is 300 g/mol. The molecule has 1 aromatic carbocycles. The monoisotopic (exact) mass is 319 g/mol. The lowest BCUT2D eigenvalue weighted by atomic mass is 10.1. The van der Waals surface area contributed by atoms with Crippen LogP contribution in [0.5, 0.6) is 0 Å². The summed E-state index contributed by atoms with van der Waals surface area (Å²) >= 11 is 0. The van der Waals surface area contributed by atoms with Gasteiger partial charge in [0.2, 0.25) is 0 Å². The van der Waals surface area contributed by atoms with Crippen molar-refractivity contribution in [1.82, 2.24) is 4.90 Å². The van der Waals surface area contributed by atoms with Crippen LogP contribution in [-0.2, 0) is 21.1 Å². The second-order valence-corrected chi connectivity index (χ2v) is 7.46. The number of ether oxygens (including phenoxy) is 1. The first-order valence-electron chi connectivity index (χ1n) is 6.79. The van der Waals surface area contributed by atoms with E-state index in [2.05, 4.69) is 0 Å². The molecule has 0 saturated carbocycles. The highest BCUT2D eigenvalue weighted by molar-refractivity contribution is 7.91. The van der Waals surface area contributed by atoms with Gasteiger partial charge in [-0.05, 0) is 12.5 Å². The second-order valence-electron chi connectivity index (χ2n) is 5.23. The predicted molar refractivity (Wildman–Crippen MR) is 75.7 cm³/mol. The van der Waals surface area contributed by atoms with Crippen LogP contribution in [-0.4, -0.2) is 51.1 Å². The van der Waals surface area contributed by atoms with Crippen LogP contribution < -0.4 is 0 Å². The predicted octanol–water partition coefficient (Wildman–Crippen LogP) is 1.60. The molecule has 1 aromatic rings. The van der Waals surface area contributed by atoms with Gasteiger partial charge in [-0.25, -0.2) is 17.2 Å². The minimum Gasteiger partial charge on any atom is -0.383 e. The molecule has 7 heteroatoms. The first-order chi connectivity index (χ1) is 9.93. The van der Waals surface area contributed by atoms with E-state index in [0.717, 1.165) is 6.07 Å². The number of rotatable bonds is 6. The van der Waals surface area contributed by atoms with Crippen LogP contribution in [0.2, 0.25) is 0 Å². The molecule has 0 radical (unpaired) electrons. The van der Waals surface area contributed by atoms with Crippen LogP contribution in [0.25, 0.3) is 0 Å². The Balaban J connectivity index is 2.15. The molecule has 0 spiro atoms. The molecule has 1 aliphatic rings. The Morgan fingerprint density at radius 3 is 2.76 bits per heavy atom. The molecule has 2 rings (SSSR count). The van der Waals surface area contributed by atoms with E-state index in [1.807, 2.05) is 4.90 Å². The van der Waals surface area contributed by atoms with E-state index in [9.17, 15) is 17.2 Å². The summed E-state index contributed by atoms with van der Waals surface area (Å²) in [5.41, 5.74) is 0.232. The van der Waals surface area contributed by atoms with E-state index >= 15 is 0 Å². The Morgan fingerprint density at radius 1 is 1.38 bits per heavy atom. The summed E-state index contributed by atoms with van der Waals surface area (Å²) in [4.78, 5) is 1.85. The van der Waals surface area contributed by atoms with Gasteiger partial charge in [-0.2, -0.15) is 0 Å². The molecule has 21 heavy (non-hydrogen) atoms. The van der Waals surface area contributed by atoms with Crippen molar-refractivity contribution in [3.63, 3.8) is 0 Å². The maximum atomic E-state index is 13.8. The van der Waals surface area contributed by atoms with Crippen LogP contribution >= 0.6 is 0 Å². The third-order valence-corrected chi connectivity index (χ3v) is 5.46. The van der Waals surface area contributed by atoms with E-state index in [0.29, 0.717) is 19.6 Å². The van der Waals surface area contributed by atoms with Crippen LogP contribution in [0.4, 0.5) is 8.78 Å². The van der Waals surface area contributed by atoms with Gasteiger partial charge in [0.1, 0.15) is 0 Å². The highest BCUT2D eigenvalue weighted by atomic mass is 32.2. The molecule has 4 nitrogen and oxygen atoms in total. The van der Waals surface area contributed by atoms with Gasteiger partial charge < -0.3 is 4.74 Å². The van der Waals surface area contributed by atoms with Crippen LogP contribution in [0, 0.1) is 11.6 Å². The third-order valence-electron chi connectivity index (χ3n) is 3.71. The molecule has 118 valence electrons. The van der Waals surface area contributed by atoms with Crippen molar-refractivity contribution in [2.24, 2.45) is 0 Å². The maximum Gasteiger partial charge on any atom is 0.163 e. The Hall–Kier alpha value is -1.05. The average Bonchev–Trinajstić information content (AvgIpc) is 2.79. The van der Waals surface area contributed by atoms with Crippen molar-refractivity contribution in [2.45, 2.75) is 19.0 Å². The van der Waals surface area contributed by atoms with Gasteiger partial charge in [-0.3, -0.25) is 4.90 Å². The van der Waals surface area contributed by atoms with Crippen molar-refractivity contribution in [2.75, 3.05) is 31.8 Å². The standard InChI is InChI=1S/C14H19F2NO3S/c1-20-7-6-17(12-5-8-21(18,19)10-12)9-11-3-2-4-13(15)14(11)16/h2-4,12H,5-10H2,1H3/t12-/m1/s1. The fraction of sp³-hybridized carbons (Fsp3) is 0.571. The molecule has 1 fully saturated rings. The topological polar surface area (TPSA) is 46.6 Å². The summed E-state index contributed by atoms with van der Waals surface area (Å²) in [6.45, 7) is 1.06. The molecule has 0 aromatic heterocycles. The summed E-state index contributed by atoms with van der Waals surface area (Å²) in [5, 5.41) is 0. The minimum atomic E-state index is -3.03. The summed E-state index contributed by atoms with van der Waals surface area (Å²) in [6.07, 6.45) is 0.517. The van der Waals surface area contributed by atoms with Gasteiger partial charge in [0.05, 0.1) is 18.1 Å². The zero-order chi connectivity index (χ0) is 15.5. The Morgan fingerprint density at radius 2 is 2.14 bits per heavy atom. The zero-order valence-electron chi connectivity index (χ0n) is 11.9. The molecule has 0 aliphatic carbocycles. The normalized spacial score (nSPS) is 21.0. The molecular formula is C14H19F2NO3S. The number of hydrogen-bond acceptors (Lipinski definition) is 4. The number of halogens is 2. The van der Waals surface area contributed by atoms with Crippen molar-refractivity contribution < 1.29 is 21.9 Å². The SMILES string of the molecule is COCCN(Cc1cccc(F)c1F)[C@@H]1CCS(=O)(=O)C1. The Kier molecular flexibility index (Phi) is 5.29. The van der Waals surface area contributed by atoms with Gasteiger partial charge in [0.25, 0.3) is 0 Å². The fourth-order valence-corrected chi connectivity index (χ4v) is 4.31. The average molecular weight is 319 g/mol. The number of methoxy groups -OCH3 is 1. The van der Waals surface area contributed by atoms with Crippen molar-refractivity contribution in [3.8, 4) is 0 Å². The van der Waals surface area contributed by atoms with E-state index in [1.165, 1.54) is 12.1 Å². The first-order valence-corrected chi connectivity index (χ1v) is 8.61. The summed E-state index contributed by atoms with van der Waals surface area (Å²) in [7, 11) is -1.48. The molecule has 1 saturated heterocycles. The van der Waals surface area contributed by atoms with Gasteiger partial charge in [-0.15, -0.1) is 0 Å². The van der Waals surface area contributed by atoms with E-state index in [4.69, 9.17) is 4.74 Å². The van der Waals surface area contributed by atoms with Crippen LogP contribution in [0.15, 0.2) is 18.2 Å². The fourth-order valence-electron chi connectivity index (χ4n) is 2.55. The highest BCUT2D eigenvalue weighted by Gasteiger charge is 2.32. The molecule has 1 aliphatic heterocycles. The number of sulfone groups is 1. The smallest absolute Gasteiger partial charge is 0.163 e. The van der Waals surface area contributed by atoms with Gasteiger partial charge in [0, 0.05) is 31.8 Å². The van der Waals surface area contributed by atoms with Gasteiger partial charge >= 0.3 is 0 Å². The number of hydrogen-bond donors (Lipinski definition) is 0. The lowest BCUT2D eigenvalue weighted by Crippen LogP contribution is -2.38. The second kappa shape index (κ2) is 6.81. The molecule has 0 N–H and O–H groups in total. The molecule has 1 heterocycles. The zero-order valence-corrected chi connectivity index (χ0v) is 12.7. The highest BCUT2D eigenvalue weighted by Crippen LogP contribution is 2.21. The minimum absolute atomic E-state index is 0.0631. The van der Waals surface area contributed by atoms with Crippen LogP contribution in [0.3, 0.4) is 0 Å². The Bertz CT molecular complexity index is 592. The summed E-state index contributed by atoms with van der Waals surface area (Å²) in [6, 6.07) is 3.86. The lowest BCUT2D eigenvalue weighted by Gasteiger charge is -2.28. The number of nitrogens with zero attached hydrogens (tertiary/aromatic N) is 1. The van der Waals surface area contributed by atoms with Crippen molar-refractivity contribution in [1.29, 1.82) is 0 Å². The maximum absolute atomic E-state index is 13.8.